The summed E-state index contributed by atoms with van der Waals surface area (Å²) in [5.74, 6) is 0.338. The van der Waals surface area contributed by atoms with E-state index in [1.165, 1.54) is 0 Å². The largest absolute Gasteiger partial charge is 0.390 e. The van der Waals surface area contributed by atoms with E-state index in [2.05, 4.69) is 6.92 Å². The second-order valence-electron chi connectivity index (χ2n) is 7.03. The lowest BCUT2D eigenvalue weighted by molar-refractivity contribution is -0.271. The lowest BCUT2D eigenvalue weighted by atomic mass is 9.80. The highest BCUT2D eigenvalue weighted by Crippen LogP contribution is 2.33. The highest BCUT2D eigenvalue weighted by Gasteiger charge is 2.46. The first-order valence-corrected chi connectivity index (χ1v) is 8.16. The van der Waals surface area contributed by atoms with Gasteiger partial charge in [0.2, 0.25) is 0 Å². The molecule has 8 N–H and O–H groups in total. The van der Waals surface area contributed by atoms with Gasteiger partial charge in [0, 0.05) is 12.6 Å². The van der Waals surface area contributed by atoms with Crippen LogP contribution in [0.4, 0.5) is 0 Å². The van der Waals surface area contributed by atoms with Crippen LogP contribution in [0.15, 0.2) is 0 Å². The van der Waals surface area contributed by atoms with Crippen LogP contribution in [0.1, 0.15) is 27.2 Å². The van der Waals surface area contributed by atoms with Crippen molar-refractivity contribution in [3.8, 4) is 0 Å². The van der Waals surface area contributed by atoms with Crippen LogP contribution in [-0.2, 0) is 9.47 Å². The summed E-state index contributed by atoms with van der Waals surface area (Å²) >= 11 is 0. The van der Waals surface area contributed by atoms with Crippen LogP contribution in [0, 0.1) is 17.8 Å². The van der Waals surface area contributed by atoms with Gasteiger partial charge in [-0.3, -0.25) is 0 Å². The van der Waals surface area contributed by atoms with Crippen LogP contribution >= 0.6 is 0 Å². The van der Waals surface area contributed by atoms with Gasteiger partial charge < -0.3 is 36.9 Å². The summed E-state index contributed by atoms with van der Waals surface area (Å²) in [7, 11) is 0. The average molecular weight is 317 g/mol. The molecular formula is C15H31N3O4. The molecule has 0 amide bonds. The van der Waals surface area contributed by atoms with Gasteiger partial charge >= 0.3 is 0 Å². The van der Waals surface area contributed by atoms with Gasteiger partial charge in [-0.2, -0.15) is 0 Å². The van der Waals surface area contributed by atoms with Crippen LogP contribution in [0.5, 0.6) is 0 Å². The van der Waals surface area contributed by atoms with E-state index in [1.54, 1.807) is 0 Å². The number of ether oxygens (including phenoxy) is 2. The monoisotopic (exact) mass is 317 g/mol. The first-order valence-electron chi connectivity index (χ1n) is 8.16. The number of aliphatic hydroxyl groups excluding tert-OH is 2. The van der Waals surface area contributed by atoms with Crippen molar-refractivity contribution < 1.29 is 19.7 Å². The number of aliphatic hydroxyl groups is 2. The summed E-state index contributed by atoms with van der Waals surface area (Å²) in [6.45, 7) is 6.36. The Labute approximate surface area is 132 Å². The maximum atomic E-state index is 10.3. The Morgan fingerprint density at radius 3 is 2.32 bits per heavy atom. The molecule has 10 atom stereocenters. The third kappa shape index (κ3) is 3.31. The molecular weight excluding hydrogens is 286 g/mol. The second-order valence-corrected chi connectivity index (χ2v) is 7.03. The van der Waals surface area contributed by atoms with Gasteiger partial charge in [0.1, 0.15) is 12.2 Å². The van der Waals surface area contributed by atoms with E-state index in [0.29, 0.717) is 13.0 Å². The molecule has 2 fully saturated rings. The maximum absolute atomic E-state index is 10.3. The fourth-order valence-electron chi connectivity index (χ4n) is 3.54. The van der Waals surface area contributed by atoms with Gasteiger partial charge in [-0.25, -0.2) is 0 Å². The summed E-state index contributed by atoms with van der Waals surface area (Å²) in [6, 6.07) is -0.691. The van der Waals surface area contributed by atoms with Crippen molar-refractivity contribution in [2.45, 2.75) is 70.0 Å². The number of hydrogen-bond donors (Lipinski definition) is 5. The molecule has 1 aliphatic heterocycles. The van der Waals surface area contributed by atoms with Crippen molar-refractivity contribution in [3.05, 3.63) is 0 Å². The minimum atomic E-state index is -1.04. The molecule has 1 aliphatic carbocycles. The molecule has 7 nitrogen and oxygen atoms in total. The summed E-state index contributed by atoms with van der Waals surface area (Å²) in [6.07, 6.45) is -2.82. The predicted molar refractivity (Wildman–Crippen MR) is 82.7 cm³/mol. The standard InChI is InChI=1S/C15H31N3O4/c1-6-4-9(17)14(13(20)12(6)19)22-15-11(18)8(3)7(2)10(5-16)21-15/h6-15,19-20H,4-5,16-18H2,1-3H3. The van der Waals surface area contributed by atoms with Crippen molar-refractivity contribution >= 4 is 0 Å². The molecule has 0 bridgehead atoms. The minimum absolute atomic E-state index is 0.0680. The molecule has 1 heterocycles. The van der Waals surface area contributed by atoms with Gasteiger partial charge in [-0.15, -0.1) is 0 Å². The molecule has 7 heteroatoms. The quantitative estimate of drug-likeness (QED) is 0.438. The maximum Gasteiger partial charge on any atom is 0.173 e. The molecule has 1 saturated carbocycles. The van der Waals surface area contributed by atoms with E-state index in [0.717, 1.165) is 0 Å². The predicted octanol–water partition coefficient (Wildman–Crippen LogP) is -1.26. The van der Waals surface area contributed by atoms with E-state index in [1.807, 2.05) is 13.8 Å². The molecule has 0 radical (unpaired) electrons. The van der Waals surface area contributed by atoms with Crippen LogP contribution in [0.3, 0.4) is 0 Å². The molecule has 130 valence electrons. The van der Waals surface area contributed by atoms with Crippen LogP contribution < -0.4 is 17.2 Å². The van der Waals surface area contributed by atoms with Crippen LogP contribution in [-0.4, -0.2) is 59.5 Å². The Hall–Kier alpha value is -0.280. The molecule has 10 unspecified atom stereocenters. The van der Waals surface area contributed by atoms with Gasteiger partial charge in [0.15, 0.2) is 6.29 Å². The van der Waals surface area contributed by atoms with Crippen molar-refractivity contribution in [3.63, 3.8) is 0 Å². The zero-order valence-electron chi connectivity index (χ0n) is 13.6. The third-order valence-corrected chi connectivity index (χ3v) is 5.51. The topological polar surface area (TPSA) is 137 Å². The van der Waals surface area contributed by atoms with Crippen LogP contribution in [0.25, 0.3) is 0 Å². The number of hydrogen-bond acceptors (Lipinski definition) is 7. The van der Waals surface area contributed by atoms with E-state index in [4.69, 9.17) is 26.7 Å². The zero-order valence-corrected chi connectivity index (χ0v) is 13.6. The van der Waals surface area contributed by atoms with E-state index < -0.39 is 24.6 Å². The zero-order chi connectivity index (χ0) is 16.6. The number of nitrogens with two attached hydrogens (primary N) is 3. The Kier molecular flexibility index (Phi) is 5.82. The molecule has 0 aromatic heterocycles. The van der Waals surface area contributed by atoms with Crippen LogP contribution in [0.2, 0.25) is 0 Å². The fourth-order valence-corrected chi connectivity index (χ4v) is 3.54. The first-order chi connectivity index (χ1) is 10.3. The first kappa shape index (κ1) is 18.1. The third-order valence-electron chi connectivity index (χ3n) is 5.51. The number of rotatable bonds is 3. The Morgan fingerprint density at radius 1 is 1.09 bits per heavy atom. The summed E-state index contributed by atoms with van der Waals surface area (Å²) in [4.78, 5) is 0. The summed E-state index contributed by atoms with van der Waals surface area (Å²) < 4.78 is 11.8. The normalized spacial score (nSPS) is 53.5. The molecule has 2 aliphatic rings. The summed E-state index contributed by atoms with van der Waals surface area (Å²) in [5.41, 5.74) is 18.1. The Morgan fingerprint density at radius 2 is 1.73 bits per heavy atom. The van der Waals surface area contributed by atoms with Gasteiger partial charge in [-0.1, -0.05) is 20.8 Å². The molecule has 2 rings (SSSR count). The lowest BCUT2D eigenvalue weighted by Gasteiger charge is -2.47. The van der Waals surface area contributed by atoms with Crippen molar-refractivity contribution in [2.24, 2.45) is 35.0 Å². The van der Waals surface area contributed by atoms with E-state index in [-0.39, 0.29) is 35.9 Å². The summed E-state index contributed by atoms with van der Waals surface area (Å²) in [5, 5.41) is 20.3. The second kappa shape index (κ2) is 7.09. The Balaban J connectivity index is 2.08. The lowest BCUT2D eigenvalue weighted by Crippen LogP contribution is -2.62. The van der Waals surface area contributed by atoms with Gasteiger partial charge in [0.05, 0.1) is 18.2 Å². The highest BCUT2D eigenvalue weighted by atomic mass is 16.7. The van der Waals surface area contributed by atoms with Crippen molar-refractivity contribution in [2.75, 3.05) is 6.54 Å². The smallest absolute Gasteiger partial charge is 0.173 e. The van der Waals surface area contributed by atoms with E-state index in [9.17, 15) is 10.2 Å². The van der Waals surface area contributed by atoms with Crippen molar-refractivity contribution in [1.82, 2.24) is 0 Å². The molecule has 1 saturated heterocycles. The fraction of sp³-hybridized carbons (Fsp3) is 1.00. The Bertz CT molecular complexity index is 371. The molecule has 0 spiro atoms. The molecule has 22 heavy (non-hydrogen) atoms. The van der Waals surface area contributed by atoms with Crippen molar-refractivity contribution in [1.29, 1.82) is 0 Å². The molecule has 0 aromatic rings. The average Bonchev–Trinajstić information content (AvgIpc) is 2.49. The van der Waals surface area contributed by atoms with E-state index >= 15 is 0 Å². The highest BCUT2D eigenvalue weighted by molar-refractivity contribution is 4.96. The van der Waals surface area contributed by atoms with Gasteiger partial charge in [0.25, 0.3) is 0 Å². The SMILES string of the molecule is CC1CC(N)C(OC2OC(CN)C(C)C(C)C2N)C(O)C1O. The molecule has 0 aromatic carbocycles. The van der Waals surface area contributed by atoms with Gasteiger partial charge in [-0.05, 0) is 24.2 Å². The minimum Gasteiger partial charge on any atom is -0.390 e.